The van der Waals surface area contributed by atoms with Crippen LogP contribution in [0.3, 0.4) is 0 Å². The number of nitrogens with zero attached hydrogens (tertiary/aromatic N) is 2. The predicted molar refractivity (Wildman–Crippen MR) is 80.6 cm³/mol. The number of fused-ring (bicyclic) bond motifs is 1. The van der Waals surface area contributed by atoms with Crippen molar-refractivity contribution in [2.24, 2.45) is 0 Å². The van der Waals surface area contributed by atoms with Crippen molar-refractivity contribution in [1.29, 1.82) is 0 Å². The van der Waals surface area contributed by atoms with E-state index in [1.807, 2.05) is 12.1 Å². The van der Waals surface area contributed by atoms with E-state index in [4.69, 9.17) is 4.52 Å². The maximum absolute atomic E-state index is 5.11. The van der Waals surface area contributed by atoms with Crippen molar-refractivity contribution in [2.45, 2.75) is 0 Å². The first-order valence-corrected chi connectivity index (χ1v) is 7.08. The number of hydrogen-bond donors (Lipinski definition) is 0. The molecule has 20 heavy (non-hydrogen) atoms. The zero-order valence-electron chi connectivity index (χ0n) is 10.5. The molecule has 4 heteroatoms. The van der Waals surface area contributed by atoms with Crippen LogP contribution < -0.4 is 0 Å². The minimum absolute atomic E-state index is 0.549. The fourth-order valence-electron chi connectivity index (χ4n) is 2.23. The molecule has 0 aliphatic rings. The second kappa shape index (κ2) is 4.58. The van der Waals surface area contributed by atoms with Gasteiger partial charge >= 0.3 is 0 Å². The second-order valence-electron chi connectivity index (χ2n) is 4.48. The molecule has 3 nitrogen and oxygen atoms in total. The van der Waals surface area contributed by atoms with Crippen molar-refractivity contribution in [3.63, 3.8) is 0 Å². The smallest absolute Gasteiger partial charge is 0.257 e. The van der Waals surface area contributed by atoms with E-state index in [0.717, 1.165) is 5.56 Å². The molecule has 0 spiro atoms. The first kappa shape index (κ1) is 11.4. The number of hydrogen-bond acceptors (Lipinski definition) is 4. The van der Waals surface area contributed by atoms with Gasteiger partial charge in [-0.15, -0.1) is 11.3 Å². The van der Waals surface area contributed by atoms with Gasteiger partial charge in [0.25, 0.3) is 5.89 Å². The van der Waals surface area contributed by atoms with Crippen LogP contribution in [0.25, 0.3) is 32.0 Å². The van der Waals surface area contributed by atoms with Gasteiger partial charge in [0, 0.05) is 15.1 Å². The van der Waals surface area contributed by atoms with Gasteiger partial charge < -0.3 is 4.52 Å². The molecule has 0 aliphatic carbocycles. The van der Waals surface area contributed by atoms with Crippen LogP contribution in [-0.2, 0) is 0 Å². The second-order valence-corrected chi connectivity index (χ2v) is 5.56. The highest BCUT2D eigenvalue weighted by Gasteiger charge is 2.08. The maximum Gasteiger partial charge on any atom is 0.257 e. The van der Waals surface area contributed by atoms with Crippen molar-refractivity contribution in [1.82, 2.24) is 10.1 Å². The third kappa shape index (κ3) is 1.90. The quantitative estimate of drug-likeness (QED) is 0.537. The van der Waals surface area contributed by atoms with Crippen molar-refractivity contribution in [2.75, 3.05) is 0 Å². The summed E-state index contributed by atoms with van der Waals surface area (Å²) in [6, 6.07) is 18.8. The average Bonchev–Trinajstić information content (AvgIpc) is 3.16. The van der Waals surface area contributed by atoms with E-state index >= 15 is 0 Å². The van der Waals surface area contributed by atoms with Crippen LogP contribution in [0.1, 0.15) is 0 Å². The summed E-state index contributed by atoms with van der Waals surface area (Å²) >= 11 is 1.79. The lowest BCUT2D eigenvalue weighted by Gasteiger charge is -1.99. The van der Waals surface area contributed by atoms with Crippen LogP contribution in [-0.4, -0.2) is 10.1 Å². The number of rotatable bonds is 2. The Labute approximate surface area is 119 Å². The molecule has 0 saturated heterocycles. The minimum atomic E-state index is 0.549. The van der Waals surface area contributed by atoms with E-state index in [-0.39, 0.29) is 0 Å². The Bertz CT molecular complexity index is 832. The van der Waals surface area contributed by atoms with Crippen LogP contribution in [0.2, 0.25) is 0 Å². The largest absolute Gasteiger partial charge is 0.334 e. The molecule has 0 atom stereocenters. The molecule has 0 radical (unpaired) electrons. The Morgan fingerprint density at radius 1 is 0.900 bits per heavy atom. The van der Waals surface area contributed by atoms with E-state index in [1.54, 1.807) is 11.3 Å². The van der Waals surface area contributed by atoms with Crippen LogP contribution in [0.15, 0.2) is 65.4 Å². The molecule has 0 N–H and O–H groups in total. The van der Waals surface area contributed by atoms with Crippen molar-refractivity contribution in [3.05, 3.63) is 60.9 Å². The third-order valence-corrected chi connectivity index (χ3v) is 4.35. The summed E-state index contributed by atoms with van der Waals surface area (Å²) in [7, 11) is 0. The monoisotopic (exact) mass is 278 g/mol. The molecular weight excluding hydrogens is 268 g/mol. The molecule has 0 bridgehead atoms. The summed E-state index contributed by atoms with van der Waals surface area (Å²) in [5, 5.41) is 4.93. The molecule has 0 unspecified atom stereocenters. The van der Waals surface area contributed by atoms with Gasteiger partial charge in [-0.3, -0.25) is 0 Å². The summed E-state index contributed by atoms with van der Waals surface area (Å²) < 4.78 is 6.41. The summed E-state index contributed by atoms with van der Waals surface area (Å²) in [6.45, 7) is 0. The summed E-state index contributed by atoms with van der Waals surface area (Å²) in [4.78, 5) is 5.33. The summed E-state index contributed by atoms with van der Waals surface area (Å²) in [6.07, 6.45) is 1.42. The van der Waals surface area contributed by atoms with Gasteiger partial charge in [-0.05, 0) is 35.2 Å². The van der Waals surface area contributed by atoms with E-state index in [2.05, 4.69) is 52.6 Å². The molecule has 2 heterocycles. The van der Waals surface area contributed by atoms with Crippen molar-refractivity contribution >= 4 is 21.4 Å². The van der Waals surface area contributed by atoms with Gasteiger partial charge in [-0.2, -0.15) is 4.98 Å². The SMILES string of the molecule is c1cc(-c2ncno2)cc(-c2cc3ccccc3s2)c1. The van der Waals surface area contributed by atoms with Gasteiger partial charge in [-0.25, -0.2) is 0 Å². The molecule has 96 valence electrons. The van der Waals surface area contributed by atoms with Gasteiger partial charge in [0.2, 0.25) is 0 Å². The molecule has 0 fully saturated rings. The average molecular weight is 278 g/mol. The fourth-order valence-corrected chi connectivity index (χ4v) is 3.29. The topological polar surface area (TPSA) is 38.9 Å². The summed E-state index contributed by atoms with van der Waals surface area (Å²) in [5.41, 5.74) is 2.11. The number of thiophene rings is 1. The molecule has 0 saturated carbocycles. The Kier molecular flexibility index (Phi) is 2.60. The Morgan fingerprint density at radius 2 is 1.80 bits per heavy atom. The molecule has 4 rings (SSSR count). The standard InChI is InChI=1S/C16H10N2OS/c1-2-7-14-12(4-1)9-15(20-14)11-5-3-6-13(8-11)16-17-10-18-19-16/h1-10H. The lowest BCUT2D eigenvalue weighted by molar-refractivity contribution is 0.430. The van der Waals surface area contributed by atoms with Crippen molar-refractivity contribution in [3.8, 4) is 21.9 Å². The third-order valence-electron chi connectivity index (χ3n) is 3.18. The lowest BCUT2D eigenvalue weighted by atomic mass is 10.1. The lowest BCUT2D eigenvalue weighted by Crippen LogP contribution is -1.78. The highest BCUT2D eigenvalue weighted by Crippen LogP contribution is 2.34. The van der Waals surface area contributed by atoms with Crippen LogP contribution in [0.5, 0.6) is 0 Å². The van der Waals surface area contributed by atoms with Crippen LogP contribution >= 0.6 is 11.3 Å². The first-order valence-electron chi connectivity index (χ1n) is 6.26. The number of aromatic nitrogens is 2. The van der Waals surface area contributed by atoms with Crippen molar-refractivity contribution < 1.29 is 4.52 Å². The molecule has 0 amide bonds. The maximum atomic E-state index is 5.11. The van der Waals surface area contributed by atoms with E-state index in [9.17, 15) is 0 Å². The fraction of sp³-hybridized carbons (Fsp3) is 0. The van der Waals surface area contributed by atoms with Gasteiger partial charge in [0.15, 0.2) is 6.33 Å². The molecular formula is C16H10N2OS. The van der Waals surface area contributed by atoms with Gasteiger partial charge in [-0.1, -0.05) is 35.5 Å². The number of benzene rings is 2. The Morgan fingerprint density at radius 3 is 2.65 bits per heavy atom. The zero-order chi connectivity index (χ0) is 13.4. The molecule has 2 aromatic heterocycles. The first-order chi connectivity index (χ1) is 9.90. The van der Waals surface area contributed by atoms with Gasteiger partial charge in [0.05, 0.1) is 0 Å². The van der Waals surface area contributed by atoms with E-state index in [1.165, 1.54) is 26.9 Å². The molecule has 4 aromatic rings. The summed E-state index contributed by atoms with van der Waals surface area (Å²) in [5.74, 6) is 0.549. The van der Waals surface area contributed by atoms with Crippen LogP contribution in [0.4, 0.5) is 0 Å². The molecule has 2 aromatic carbocycles. The van der Waals surface area contributed by atoms with E-state index in [0.29, 0.717) is 5.89 Å². The highest BCUT2D eigenvalue weighted by molar-refractivity contribution is 7.22. The zero-order valence-corrected chi connectivity index (χ0v) is 11.3. The normalized spacial score (nSPS) is 11.0. The van der Waals surface area contributed by atoms with Crippen LogP contribution in [0, 0.1) is 0 Å². The Balaban J connectivity index is 1.84. The highest BCUT2D eigenvalue weighted by atomic mass is 32.1. The van der Waals surface area contributed by atoms with E-state index < -0.39 is 0 Å². The predicted octanol–water partition coefficient (Wildman–Crippen LogP) is 4.62. The van der Waals surface area contributed by atoms with Gasteiger partial charge in [0.1, 0.15) is 0 Å². The minimum Gasteiger partial charge on any atom is -0.334 e. The Hall–Kier alpha value is -2.46. The molecule has 0 aliphatic heterocycles.